The number of allylic oxidation sites excluding steroid dienone is 2. The van der Waals surface area contributed by atoms with Gasteiger partial charge in [-0.2, -0.15) is 0 Å². The van der Waals surface area contributed by atoms with E-state index in [-0.39, 0.29) is 0 Å². The van der Waals surface area contributed by atoms with Crippen molar-refractivity contribution in [3.8, 4) is 22.3 Å². The third kappa shape index (κ3) is 5.49. The Morgan fingerprint density at radius 2 is 0.917 bits per heavy atom. The van der Waals surface area contributed by atoms with Crippen LogP contribution in [0.15, 0.2) is 95.3 Å². The number of benzene rings is 4. The number of aryl methyl sites for hydroxylation is 2. The molecule has 2 atom stereocenters. The number of hydrogen-bond acceptors (Lipinski definition) is 0. The molecule has 7 rings (SSSR count). The summed E-state index contributed by atoms with van der Waals surface area (Å²) in [6.45, 7) is 9.42. The predicted octanol–water partition coefficient (Wildman–Crippen LogP) is 13.9. The van der Waals surface area contributed by atoms with Crippen molar-refractivity contribution in [3.05, 3.63) is 129 Å². The summed E-state index contributed by atoms with van der Waals surface area (Å²) in [5, 5.41) is 3.92. The van der Waals surface area contributed by atoms with E-state index in [9.17, 15) is 0 Å². The Balaban J connectivity index is 1.49. The molecule has 3 aliphatic rings. The van der Waals surface area contributed by atoms with Crippen molar-refractivity contribution >= 4 is 20.2 Å². The molecule has 1 saturated heterocycles. The second-order valence-electron chi connectivity index (χ2n) is 15.5. The van der Waals surface area contributed by atoms with Gasteiger partial charge in [-0.15, -0.1) is 0 Å². The Hall–Kier alpha value is -2.55. The van der Waals surface area contributed by atoms with E-state index < -0.39 is 28.0 Å². The van der Waals surface area contributed by atoms with Crippen LogP contribution >= 0.6 is 0 Å². The molecule has 0 N–H and O–H groups in total. The molecule has 248 valence electrons. The molecule has 0 radical (unpaired) electrons. The number of hydrogen-bond donors (Lipinski definition) is 0. The monoisotopic (exact) mass is 816 g/mol. The molecule has 1 fully saturated rings. The Morgan fingerprint density at radius 1 is 0.500 bits per heavy atom. The van der Waals surface area contributed by atoms with Crippen LogP contribution in [0.1, 0.15) is 107 Å². The molecule has 0 nitrogen and oxygen atoms in total. The summed E-state index contributed by atoms with van der Waals surface area (Å²) in [5.74, 6) is 0. The molecule has 2 unspecified atom stereocenters. The van der Waals surface area contributed by atoms with E-state index in [1.165, 1.54) is 84.0 Å². The Kier molecular flexibility index (Phi) is 9.89. The van der Waals surface area contributed by atoms with Crippen LogP contribution < -0.4 is 0 Å². The Morgan fingerprint density at radius 3 is 1.33 bits per heavy atom. The molecule has 2 heteroatoms. The van der Waals surface area contributed by atoms with Crippen molar-refractivity contribution in [3.63, 3.8) is 0 Å². The maximum absolute atomic E-state index is 3.13. The van der Waals surface area contributed by atoms with E-state index in [2.05, 4.69) is 134 Å². The van der Waals surface area contributed by atoms with Gasteiger partial charge in [-0.3, -0.25) is 0 Å². The third-order valence-electron chi connectivity index (χ3n) is 12.5. The van der Waals surface area contributed by atoms with Gasteiger partial charge in [-0.1, -0.05) is 0 Å². The molecule has 48 heavy (non-hydrogen) atoms. The van der Waals surface area contributed by atoms with Crippen molar-refractivity contribution in [1.82, 2.24) is 0 Å². The third-order valence-corrected chi connectivity index (χ3v) is 35.2. The molecule has 0 bridgehead atoms. The van der Waals surface area contributed by atoms with Crippen LogP contribution in [0, 0.1) is 0 Å². The van der Waals surface area contributed by atoms with Gasteiger partial charge in [0, 0.05) is 0 Å². The number of rotatable bonds is 12. The fourth-order valence-corrected chi connectivity index (χ4v) is 43.2. The Labute approximate surface area is 297 Å². The van der Waals surface area contributed by atoms with Crippen molar-refractivity contribution in [2.45, 2.75) is 108 Å². The fraction of sp³-hybridized carbons (Fsp3) is 0.391. The maximum atomic E-state index is 2.85. The molecule has 0 aromatic heterocycles. The molecule has 1 aliphatic heterocycles. The van der Waals surface area contributed by atoms with E-state index in [0.717, 1.165) is 12.8 Å². The zero-order chi connectivity index (χ0) is 33.5. The first-order valence-corrected chi connectivity index (χ1v) is 33.0. The van der Waals surface area contributed by atoms with Gasteiger partial charge in [0.2, 0.25) is 0 Å². The van der Waals surface area contributed by atoms with E-state index in [0.29, 0.717) is 7.35 Å². The molecule has 0 spiro atoms. The normalized spacial score (nSPS) is 19.6. The second kappa shape index (κ2) is 14.0. The molecule has 2 aliphatic carbocycles. The summed E-state index contributed by atoms with van der Waals surface area (Å²) in [6.07, 6.45) is 15.9. The summed E-state index contributed by atoms with van der Waals surface area (Å²) < 4.78 is 7.08. The zero-order valence-electron chi connectivity index (χ0n) is 30.5. The van der Waals surface area contributed by atoms with Crippen LogP contribution in [-0.2, 0) is 32.8 Å². The SMILES string of the molecule is CCCCC[Si]1(CCCCC)C2=Cc3c(-c4ccccc4CC)cccc3[CH]2[Hf]([CH3])([CH3])[CH]2C1=Cc1c(-c3ccccc3CC)cccc12. The quantitative estimate of drug-likeness (QED) is 0.0987. The van der Waals surface area contributed by atoms with Gasteiger partial charge in [0.15, 0.2) is 0 Å². The molecular formula is C46H56HfSi. The topological polar surface area (TPSA) is 0 Å². The molecule has 4 aromatic carbocycles. The standard InChI is InChI=1S/C44H50Si.2CH3.Hf/c1-5-9-15-27-45(28-16-10-6-2,37-29-35-21-17-25-41(43(35)31-37)39-23-13-11-19-33(39)7-3)38-30-36-22-18-26-42(44(36)32-38)40-24-14-12-20-34(40)8-4;;;/h11-14,17-26,29-32H,5-10,15-16,27-28H2,1-4H3;2*1H3;. The van der Waals surface area contributed by atoms with E-state index in [1.807, 2.05) is 10.4 Å². The van der Waals surface area contributed by atoms with E-state index >= 15 is 0 Å². The van der Waals surface area contributed by atoms with E-state index in [1.54, 1.807) is 22.3 Å². The summed E-state index contributed by atoms with van der Waals surface area (Å²) in [7, 11) is -2.02. The van der Waals surface area contributed by atoms with Crippen molar-refractivity contribution in [2.24, 2.45) is 0 Å². The minimum atomic E-state index is -3.13. The van der Waals surface area contributed by atoms with Crippen LogP contribution in [0.5, 0.6) is 0 Å². The number of unbranched alkanes of at least 4 members (excludes halogenated alkanes) is 4. The molecule has 0 amide bonds. The minimum absolute atomic E-state index is 0.691. The van der Waals surface area contributed by atoms with Gasteiger partial charge in [-0.25, -0.2) is 0 Å². The van der Waals surface area contributed by atoms with Crippen LogP contribution in [0.3, 0.4) is 0 Å². The van der Waals surface area contributed by atoms with Crippen LogP contribution in [0.2, 0.25) is 21.4 Å². The summed E-state index contributed by atoms with van der Waals surface area (Å²) in [5.41, 5.74) is 15.4. The first-order chi connectivity index (χ1) is 23.4. The van der Waals surface area contributed by atoms with Crippen LogP contribution in [-0.4, -0.2) is 8.07 Å². The van der Waals surface area contributed by atoms with Gasteiger partial charge >= 0.3 is 299 Å². The van der Waals surface area contributed by atoms with Gasteiger partial charge in [0.25, 0.3) is 0 Å². The van der Waals surface area contributed by atoms with Gasteiger partial charge < -0.3 is 0 Å². The average molecular weight is 816 g/mol. The zero-order valence-corrected chi connectivity index (χ0v) is 35.1. The molecular weight excluding hydrogens is 759 g/mol. The summed E-state index contributed by atoms with van der Waals surface area (Å²) in [6, 6.07) is 36.1. The summed E-state index contributed by atoms with van der Waals surface area (Å²) in [4.78, 5) is 0. The first kappa shape index (κ1) is 33.9. The van der Waals surface area contributed by atoms with Gasteiger partial charge in [0.05, 0.1) is 0 Å². The Bertz CT molecular complexity index is 1740. The van der Waals surface area contributed by atoms with Gasteiger partial charge in [0.1, 0.15) is 0 Å². The molecule has 1 heterocycles. The average Bonchev–Trinajstić information content (AvgIpc) is 3.72. The fourth-order valence-electron chi connectivity index (χ4n) is 10.3. The van der Waals surface area contributed by atoms with Crippen molar-refractivity contribution < 1.29 is 20.0 Å². The van der Waals surface area contributed by atoms with Crippen molar-refractivity contribution in [2.75, 3.05) is 0 Å². The first-order valence-electron chi connectivity index (χ1n) is 19.3. The van der Waals surface area contributed by atoms with Crippen LogP contribution in [0.4, 0.5) is 0 Å². The van der Waals surface area contributed by atoms with Gasteiger partial charge in [-0.05, 0) is 0 Å². The number of fused-ring (bicyclic) bond motifs is 6. The summed E-state index contributed by atoms with van der Waals surface area (Å²) >= 11 is -3.13. The molecule has 0 saturated carbocycles. The van der Waals surface area contributed by atoms with Crippen molar-refractivity contribution in [1.29, 1.82) is 0 Å². The predicted molar refractivity (Wildman–Crippen MR) is 210 cm³/mol. The van der Waals surface area contributed by atoms with E-state index in [4.69, 9.17) is 0 Å². The second-order valence-corrected chi connectivity index (χ2v) is 37.1. The molecule has 4 aromatic rings. The van der Waals surface area contributed by atoms with Crippen LogP contribution in [0.25, 0.3) is 34.4 Å².